The number of hydrogen-bond acceptors (Lipinski definition) is 1. The minimum atomic E-state index is 0.339. The number of terminal acetylenes is 1. The number of benzene rings is 1. The van der Waals surface area contributed by atoms with Crippen LogP contribution >= 0.6 is 0 Å². The van der Waals surface area contributed by atoms with Gasteiger partial charge in [0.1, 0.15) is 12.4 Å². The fourth-order valence-electron chi connectivity index (χ4n) is 1.49. The molecule has 1 heteroatoms. The molecule has 1 unspecified atom stereocenters. The maximum Gasteiger partial charge on any atom is 0.148 e. The Balaban J connectivity index is 2.42. The maximum absolute atomic E-state index is 5.32. The van der Waals surface area contributed by atoms with Crippen LogP contribution in [0.3, 0.4) is 0 Å². The summed E-state index contributed by atoms with van der Waals surface area (Å²) in [5.74, 6) is 4.11. The van der Waals surface area contributed by atoms with Crippen LogP contribution in [0.5, 0.6) is 5.75 Å². The molecule has 0 aliphatic carbocycles. The minimum Gasteiger partial charge on any atom is -0.481 e. The molecular weight excluding hydrogens is 196 g/mol. The zero-order valence-electron chi connectivity index (χ0n) is 10.2. The standard InChI is InChI=1S/C15H20O/c1-4-12-16-15-10-8-14(9-11-15)7-6-13(3)5-2/h1,8-11,13H,5-7,12H2,2-3H3. The smallest absolute Gasteiger partial charge is 0.148 e. The van der Waals surface area contributed by atoms with Crippen LogP contribution < -0.4 is 4.74 Å². The second-order valence-electron chi connectivity index (χ2n) is 4.19. The molecule has 0 bridgehead atoms. The molecule has 0 amide bonds. The summed E-state index contributed by atoms with van der Waals surface area (Å²) in [5.41, 5.74) is 1.37. The first kappa shape index (κ1) is 12.6. The van der Waals surface area contributed by atoms with E-state index in [9.17, 15) is 0 Å². The zero-order chi connectivity index (χ0) is 11.8. The Morgan fingerprint density at radius 3 is 2.56 bits per heavy atom. The highest BCUT2D eigenvalue weighted by Gasteiger charge is 2.00. The minimum absolute atomic E-state index is 0.339. The fourth-order valence-corrected chi connectivity index (χ4v) is 1.49. The fraction of sp³-hybridized carbons (Fsp3) is 0.467. The Labute approximate surface area is 98.8 Å². The van der Waals surface area contributed by atoms with Gasteiger partial charge in [-0.05, 0) is 36.5 Å². The van der Waals surface area contributed by atoms with Gasteiger partial charge in [-0.25, -0.2) is 0 Å². The summed E-state index contributed by atoms with van der Waals surface area (Å²) >= 11 is 0. The van der Waals surface area contributed by atoms with Gasteiger partial charge in [0.2, 0.25) is 0 Å². The first-order valence-corrected chi connectivity index (χ1v) is 5.91. The van der Waals surface area contributed by atoms with E-state index in [-0.39, 0.29) is 0 Å². The Bertz CT molecular complexity index is 331. The molecule has 1 aromatic rings. The summed E-state index contributed by atoms with van der Waals surface area (Å²) in [7, 11) is 0. The van der Waals surface area contributed by atoms with Crippen molar-refractivity contribution >= 4 is 0 Å². The highest BCUT2D eigenvalue weighted by Crippen LogP contribution is 2.16. The van der Waals surface area contributed by atoms with Crippen LogP contribution in [0.25, 0.3) is 0 Å². The highest BCUT2D eigenvalue weighted by atomic mass is 16.5. The van der Waals surface area contributed by atoms with E-state index in [0.717, 1.165) is 18.1 Å². The molecule has 1 aromatic carbocycles. The molecule has 0 spiro atoms. The van der Waals surface area contributed by atoms with Crippen LogP contribution in [-0.4, -0.2) is 6.61 Å². The third-order valence-electron chi connectivity index (χ3n) is 2.87. The van der Waals surface area contributed by atoms with Gasteiger partial charge in [-0.3, -0.25) is 0 Å². The van der Waals surface area contributed by atoms with E-state index in [0.29, 0.717) is 6.61 Å². The first-order valence-electron chi connectivity index (χ1n) is 5.91. The molecule has 0 aliphatic rings. The van der Waals surface area contributed by atoms with Crippen LogP contribution in [-0.2, 0) is 6.42 Å². The van der Waals surface area contributed by atoms with Gasteiger partial charge >= 0.3 is 0 Å². The van der Waals surface area contributed by atoms with Crippen LogP contribution in [0.15, 0.2) is 24.3 Å². The van der Waals surface area contributed by atoms with Crippen LogP contribution in [0.1, 0.15) is 32.3 Å². The Kier molecular flexibility index (Phi) is 5.50. The summed E-state index contributed by atoms with van der Waals surface area (Å²) in [6, 6.07) is 8.22. The first-order chi connectivity index (χ1) is 7.76. The van der Waals surface area contributed by atoms with Gasteiger partial charge < -0.3 is 4.74 Å². The Hall–Kier alpha value is -1.42. The number of aryl methyl sites for hydroxylation is 1. The molecule has 0 N–H and O–H groups in total. The lowest BCUT2D eigenvalue weighted by atomic mass is 9.99. The Morgan fingerprint density at radius 2 is 2.00 bits per heavy atom. The van der Waals surface area contributed by atoms with E-state index in [1.165, 1.54) is 18.4 Å². The van der Waals surface area contributed by atoms with Crippen molar-refractivity contribution in [2.24, 2.45) is 5.92 Å². The highest BCUT2D eigenvalue weighted by molar-refractivity contribution is 5.27. The zero-order valence-corrected chi connectivity index (χ0v) is 10.2. The second kappa shape index (κ2) is 6.95. The van der Waals surface area contributed by atoms with E-state index in [2.05, 4.69) is 31.9 Å². The molecule has 16 heavy (non-hydrogen) atoms. The summed E-state index contributed by atoms with van der Waals surface area (Å²) in [6.45, 7) is 4.87. The van der Waals surface area contributed by atoms with E-state index in [1.54, 1.807) is 0 Å². The lowest BCUT2D eigenvalue weighted by Gasteiger charge is -2.08. The topological polar surface area (TPSA) is 9.23 Å². The Morgan fingerprint density at radius 1 is 1.31 bits per heavy atom. The van der Waals surface area contributed by atoms with Crippen molar-refractivity contribution in [1.82, 2.24) is 0 Å². The third kappa shape index (κ3) is 4.40. The van der Waals surface area contributed by atoms with E-state index in [1.807, 2.05) is 12.1 Å². The summed E-state index contributed by atoms with van der Waals surface area (Å²) in [4.78, 5) is 0. The molecule has 1 rings (SSSR count). The van der Waals surface area contributed by atoms with Crippen molar-refractivity contribution in [3.63, 3.8) is 0 Å². The molecule has 0 heterocycles. The summed E-state index contributed by atoms with van der Waals surface area (Å²) in [5, 5.41) is 0. The molecule has 0 radical (unpaired) electrons. The molecule has 86 valence electrons. The van der Waals surface area contributed by atoms with Crippen LogP contribution in [0, 0.1) is 18.3 Å². The molecule has 1 atom stereocenters. The van der Waals surface area contributed by atoms with Gasteiger partial charge in [0.05, 0.1) is 0 Å². The average molecular weight is 216 g/mol. The normalized spacial score (nSPS) is 11.8. The largest absolute Gasteiger partial charge is 0.481 e. The SMILES string of the molecule is C#CCOc1ccc(CCC(C)CC)cc1. The summed E-state index contributed by atoms with van der Waals surface area (Å²) in [6.07, 6.45) is 8.78. The van der Waals surface area contributed by atoms with Crippen molar-refractivity contribution in [1.29, 1.82) is 0 Å². The lowest BCUT2D eigenvalue weighted by molar-refractivity contribution is 0.370. The molecule has 0 aliphatic heterocycles. The third-order valence-corrected chi connectivity index (χ3v) is 2.87. The van der Waals surface area contributed by atoms with Gasteiger partial charge in [-0.2, -0.15) is 0 Å². The molecule has 0 aromatic heterocycles. The predicted octanol–water partition coefficient (Wildman–Crippen LogP) is 3.68. The predicted molar refractivity (Wildman–Crippen MR) is 68.5 cm³/mol. The molecular formula is C15H20O. The van der Waals surface area contributed by atoms with Gasteiger partial charge in [-0.15, -0.1) is 6.42 Å². The number of rotatable bonds is 6. The van der Waals surface area contributed by atoms with Crippen molar-refractivity contribution < 1.29 is 4.74 Å². The molecule has 0 saturated heterocycles. The monoisotopic (exact) mass is 216 g/mol. The maximum atomic E-state index is 5.32. The van der Waals surface area contributed by atoms with Crippen molar-refractivity contribution in [2.75, 3.05) is 6.61 Å². The van der Waals surface area contributed by atoms with E-state index >= 15 is 0 Å². The molecule has 0 saturated carbocycles. The van der Waals surface area contributed by atoms with Gasteiger partial charge in [0, 0.05) is 0 Å². The molecule has 1 nitrogen and oxygen atoms in total. The summed E-state index contributed by atoms with van der Waals surface area (Å²) < 4.78 is 5.32. The van der Waals surface area contributed by atoms with Gasteiger partial charge in [-0.1, -0.05) is 38.3 Å². The van der Waals surface area contributed by atoms with Crippen molar-refractivity contribution in [3.8, 4) is 18.1 Å². The number of ether oxygens (including phenoxy) is 1. The van der Waals surface area contributed by atoms with Gasteiger partial charge in [0.25, 0.3) is 0 Å². The van der Waals surface area contributed by atoms with E-state index in [4.69, 9.17) is 11.2 Å². The van der Waals surface area contributed by atoms with Gasteiger partial charge in [0.15, 0.2) is 0 Å². The lowest BCUT2D eigenvalue weighted by Crippen LogP contribution is -1.96. The number of hydrogen-bond donors (Lipinski definition) is 0. The van der Waals surface area contributed by atoms with Crippen molar-refractivity contribution in [2.45, 2.75) is 33.1 Å². The quantitative estimate of drug-likeness (QED) is 0.659. The van der Waals surface area contributed by atoms with E-state index < -0.39 is 0 Å². The van der Waals surface area contributed by atoms with Crippen LogP contribution in [0.2, 0.25) is 0 Å². The van der Waals surface area contributed by atoms with Crippen molar-refractivity contribution in [3.05, 3.63) is 29.8 Å². The molecule has 0 fully saturated rings. The second-order valence-corrected chi connectivity index (χ2v) is 4.19. The average Bonchev–Trinajstić information content (AvgIpc) is 2.34. The van der Waals surface area contributed by atoms with Crippen LogP contribution in [0.4, 0.5) is 0 Å².